The van der Waals surface area contributed by atoms with Gasteiger partial charge in [-0.2, -0.15) is 10.4 Å². The molecule has 2 aromatic heterocycles. The highest BCUT2D eigenvalue weighted by molar-refractivity contribution is 5.60. The molecule has 21 heavy (non-hydrogen) atoms. The van der Waals surface area contributed by atoms with Crippen LogP contribution in [0, 0.1) is 11.3 Å². The second-order valence-corrected chi connectivity index (χ2v) is 4.51. The fourth-order valence-corrected chi connectivity index (χ4v) is 2.02. The fraction of sp³-hybridized carbons (Fsp3) is 0.0667. The third kappa shape index (κ3) is 2.72. The topological polar surface area (TPSA) is 93.4 Å². The average molecular weight is 276 g/mol. The predicted molar refractivity (Wildman–Crippen MR) is 77.9 cm³/mol. The minimum absolute atomic E-state index is 0.401. The van der Waals surface area contributed by atoms with Gasteiger partial charge in [-0.25, -0.2) is 14.6 Å². The normalized spacial score (nSPS) is 10.2. The number of benzene rings is 1. The van der Waals surface area contributed by atoms with Crippen LogP contribution in [0.15, 0.2) is 48.9 Å². The van der Waals surface area contributed by atoms with E-state index in [4.69, 9.17) is 11.0 Å². The molecule has 0 aliphatic rings. The molecule has 0 saturated heterocycles. The predicted octanol–water partition coefficient (Wildman–Crippen LogP) is 1.84. The molecule has 0 amide bonds. The van der Waals surface area contributed by atoms with Crippen molar-refractivity contribution in [3.8, 4) is 17.5 Å². The second-order valence-electron chi connectivity index (χ2n) is 4.51. The zero-order valence-corrected chi connectivity index (χ0v) is 11.1. The van der Waals surface area contributed by atoms with Gasteiger partial charge in [0, 0.05) is 23.0 Å². The van der Waals surface area contributed by atoms with Crippen LogP contribution in [0.3, 0.4) is 0 Å². The van der Waals surface area contributed by atoms with E-state index in [0.717, 1.165) is 11.1 Å². The van der Waals surface area contributed by atoms with E-state index in [1.165, 1.54) is 0 Å². The van der Waals surface area contributed by atoms with Crippen LogP contribution in [0.5, 0.6) is 0 Å². The largest absolute Gasteiger partial charge is 0.399 e. The van der Waals surface area contributed by atoms with E-state index in [1.54, 1.807) is 23.3 Å². The molecule has 102 valence electrons. The zero-order chi connectivity index (χ0) is 14.7. The lowest BCUT2D eigenvalue weighted by atomic mass is 10.2. The highest BCUT2D eigenvalue weighted by Gasteiger charge is 2.07. The van der Waals surface area contributed by atoms with Crippen molar-refractivity contribution in [3.05, 3.63) is 60.2 Å². The molecular weight excluding hydrogens is 264 g/mol. The molecule has 0 unspecified atom stereocenters. The summed E-state index contributed by atoms with van der Waals surface area (Å²) in [5, 5.41) is 13.4. The number of aromatic nitrogens is 4. The maximum Gasteiger partial charge on any atom is 0.181 e. The van der Waals surface area contributed by atoms with E-state index < -0.39 is 0 Å². The van der Waals surface area contributed by atoms with Gasteiger partial charge in [0.2, 0.25) is 0 Å². The van der Waals surface area contributed by atoms with Crippen molar-refractivity contribution >= 4 is 5.69 Å². The smallest absolute Gasteiger partial charge is 0.181 e. The lowest BCUT2D eigenvalue weighted by Crippen LogP contribution is -2.03. The number of nitrogens with two attached hydrogens (primary N) is 1. The molecule has 0 radical (unpaired) electrons. The van der Waals surface area contributed by atoms with Gasteiger partial charge in [-0.3, -0.25) is 0 Å². The Hall–Kier alpha value is -3.20. The van der Waals surface area contributed by atoms with E-state index in [0.29, 0.717) is 23.8 Å². The Labute approximate surface area is 121 Å². The number of hydrogen-bond acceptors (Lipinski definition) is 5. The maximum absolute atomic E-state index is 9.04. The Balaban J connectivity index is 1.88. The van der Waals surface area contributed by atoms with Gasteiger partial charge < -0.3 is 5.73 Å². The van der Waals surface area contributed by atoms with Gasteiger partial charge in [0.05, 0.1) is 6.54 Å². The molecule has 0 atom stereocenters. The maximum atomic E-state index is 9.04. The van der Waals surface area contributed by atoms with Crippen molar-refractivity contribution in [1.29, 1.82) is 5.26 Å². The molecule has 0 spiro atoms. The van der Waals surface area contributed by atoms with Crippen molar-refractivity contribution < 1.29 is 0 Å². The van der Waals surface area contributed by atoms with Crippen LogP contribution in [0.25, 0.3) is 11.4 Å². The van der Waals surface area contributed by atoms with E-state index in [-0.39, 0.29) is 0 Å². The van der Waals surface area contributed by atoms with Gasteiger partial charge in [0.25, 0.3) is 0 Å². The quantitative estimate of drug-likeness (QED) is 0.737. The number of pyridine rings is 1. The van der Waals surface area contributed by atoms with Gasteiger partial charge in [-0.15, -0.1) is 0 Å². The summed E-state index contributed by atoms with van der Waals surface area (Å²) in [6, 6.07) is 13.1. The molecule has 0 bridgehead atoms. The van der Waals surface area contributed by atoms with Crippen molar-refractivity contribution in [2.24, 2.45) is 0 Å². The first kappa shape index (κ1) is 12.8. The van der Waals surface area contributed by atoms with Gasteiger partial charge in [-0.1, -0.05) is 18.2 Å². The minimum atomic E-state index is 0.401. The third-order valence-corrected chi connectivity index (χ3v) is 3.01. The van der Waals surface area contributed by atoms with Crippen molar-refractivity contribution in [1.82, 2.24) is 19.7 Å². The van der Waals surface area contributed by atoms with Gasteiger partial charge in [0.15, 0.2) is 5.82 Å². The molecule has 0 aliphatic carbocycles. The van der Waals surface area contributed by atoms with E-state index in [1.807, 2.05) is 30.3 Å². The van der Waals surface area contributed by atoms with Crippen molar-refractivity contribution in [3.63, 3.8) is 0 Å². The Bertz CT molecular complexity index is 815. The number of nitrogen functional groups attached to an aromatic ring is 1. The van der Waals surface area contributed by atoms with Crippen LogP contribution in [0.4, 0.5) is 5.69 Å². The number of hydrogen-bond donors (Lipinski definition) is 1. The monoisotopic (exact) mass is 276 g/mol. The zero-order valence-electron chi connectivity index (χ0n) is 11.1. The second kappa shape index (κ2) is 5.43. The molecule has 1 aromatic carbocycles. The Kier molecular flexibility index (Phi) is 3.31. The molecular formula is C15H12N6. The summed E-state index contributed by atoms with van der Waals surface area (Å²) >= 11 is 0. The Morgan fingerprint density at radius 1 is 1.19 bits per heavy atom. The van der Waals surface area contributed by atoms with Crippen LogP contribution >= 0.6 is 0 Å². The van der Waals surface area contributed by atoms with Crippen LogP contribution in [0.2, 0.25) is 0 Å². The molecule has 2 N–H and O–H groups in total. The minimum Gasteiger partial charge on any atom is -0.399 e. The molecule has 3 rings (SSSR count). The summed E-state index contributed by atoms with van der Waals surface area (Å²) < 4.78 is 1.68. The molecule has 0 aliphatic heterocycles. The van der Waals surface area contributed by atoms with Crippen LogP contribution in [-0.2, 0) is 6.54 Å². The molecule has 0 fully saturated rings. The lowest BCUT2D eigenvalue weighted by Gasteiger charge is -2.02. The van der Waals surface area contributed by atoms with Gasteiger partial charge >= 0.3 is 0 Å². The van der Waals surface area contributed by atoms with Crippen LogP contribution in [-0.4, -0.2) is 19.7 Å². The first-order valence-electron chi connectivity index (χ1n) is 6.35. The summed E-state index contributed by atoms with van der Waals surface area (Å²) in [4.78, 5) is 8.30. The van der Waals surface area contributed by atoms with Crippen molar-refractivity contribution in [2.75, 3.05) is 5.73 Å². The molecule has 2 heterocycles. The number of anilines is 1. The lowest BCUT2D eigenvalue weighted by molar-refractivity contribution is 0.683. The molecule has 6 heteroatoms. The average Bonchev–Trinajstić information content (AvgIpc) is 2.96. The highest BCUT2D eigenvalue weighted by atomic mass is 15.3. The number of nitrogens with zero attached hydrogens (tertiary/aromatic N) is 5. The fourth-order valence-electron chi connectivity index (χ4n) is 2.02. The molecule has 6 nitrogen and oxygen atoms in total. The van der Waals surface area contributed by atoms with Gasteiger partial charge in [0.1, 0.15) is 18.1 Å². The first-order valence-corrected chi connectivity index (χ1v) is 6.35. The van der Waals surface area contributed by atoms with Crippen LogP contribution < -0.4 is 5.73 Å². The number of nitriles is 1. The standard InChI is InChI=1S/C15H12N6/c16-8-14-12(4-2-6-18-14)9-21-10-19-15(20-21)11-3-1-5-13(17)7-11/h1-7,10H,9,17H2. The summed E-state index contributed by atoms with van der Waals surface area (Å²) in [5.41, 5.74) is 8.50. The molecule has 0 saturated carbocycles. The third-order valence-electron chi connectivity index (χ3n) is 3.01. The number of rotatable bonds is 3. The van der Waals surface area contributed by atoms with E-state index >= 15 is 0 Å². The Morgan fingerprint density at radius 3 is 2.90 bits per heavy atom. The Morgan fingerprint density at radius 2 is 2.10 bits per heavy atom. The molecule has 3 aromatic rings. The van der Waals surface area contributed by atoms with E-state index in [9.17, 15) is 0 Å². The summed E-state index contributed by atoms with van der Waals surface area (Å²) in [6.45, 7) is 0.450. The summed E-state index contributed by atoms with van der Waals surface area (Å²) in [5.74, 6) is 0.602. The van der Waals surface area contributed by atoms with Crippen LogP contribution in [0.1, 0.15) is 11.3 Å². The summed E-state index contributed by atoms with van der Waals surface area (Å²) in [7, 11) is 0. The highest BCUT2D eigenvalue weighted by Crippen LogP contribution is 2.17. The van der Waals surface area contributed by atoms with E-state index in [2.05, 4.69) is 21.1 Å². The van der Waals surface area contributed by atoms with Crippen molar-refractivity contribution in [2.45, 2.75) is 6.54 Å². The van der Waals surface area contributed by atoms with Gasteiger partial charge in [-0.05, 0) is 18.2 Å². The SMILES string of the molecule is N#Cc1ncccc1Cn1cnc(-c2cccc(N)c2)n1. The summed E-state index contributed by atoms with van der Waals surface area (Å²) in [6.07, 6.45) is 3.23. The first-order chi connectivity index (χ1) is 10.3.